The summed E-state index contributed by atoms with van der Waals surface area (Å²) in [7, 11) is 0. The maximum absolute atomic E-state index is 7.41. The van der Waals surface area contributed by atoms with E-state index in [-0.39, 0.29) is 33.8 Å². The number of rotatable bonds is 6. The molecule has 1 aromatic heterocycles. The van der Waals surface area contributed by atoms with Crippen LogP contribution in [0.15, 0.2) is 162 Å². The molecule has 0 spiro atoms. The van der Waals surface area contributed by atoms with Gasteiger partial charge in [-0.15, -0.1) is 0 Å². The average Bonchev–Trinajstić information content (AvgIpc) is 3.75. The largest absolute Gasteiger partial charge is 0.420 e. The third-order valence-corrected chi connectivity index (χ3v) is 14.6. The van der Waals surface area contributed by atoms with Crippen LogP contribution in [-0.2, 0) is 27.1 Å². The van der Waals surface area contributed by atoms with E-state index in [4.69, 9.17) is 9.40 Å². The van der Waals surface area contributed by atoms with Crippen LogP contribution in [0.2, 0.25) is 0 Å². The average molecular weight is 935 g/mol. The van der Waals surface area contributed by atoms with Crippen LogP contribution in [0.5, 0.6) is 0 Å². The number of fused-ring (bicyclic) bond motifs is 4. The lowest BCUT2D eigenvalue weighted by molar-refractivity contribution is 0.566. The van der Waals surface area contributed by atoms with Crippen LogP contribution >= 0.6 is 0 Å². The summed E-state index contributed by atoms with van der Waals surface area (Å²) in [6.07, 6.45) is 0. The third-order valence-electron chi connectivity index (χ3n) is 14.6. The van der Waals surface area contributed by atoms with Crippen molar-refractivity contribution in [3.05, 3.63) is 186 Å². The zero-order valence-electron chi connectivity index (χ0n) is 44.8. The van der Waals surface area contributed by atoms with Crippen molar-refractivity contribution in [2.24, 2.45) is 0 Å². The Hall–Kier alpha value is -6.79. The minimum atomic E-state index is -0.246. The van der Waals surface area contributed by atoms with E-state index in [0.29, 0.717) is 5.89 Å². The second-order valence-electron chi connectivity index (χ2n) is 25.1. The zero-order valence-corrected chi connectivity index (χ0v) is 44.8. The van der Waals surface area contributed by atoms with Gasteiger partial charge >= 0.3 is 0 Å². The second kappa shape index (κ2) is 16.9. The van der Waals surface area contributed by atoms with Crippen molar-refractivity contribution in [3.63, 3.8) is 0 Å². The Balaban J connectivity index is 1.36. The van der Waals surface area contributed by atoms with E-state index >= 15 is 0 Å². The standard InChI is InChI=1S/C65H71BN4O/c1-61(2,3)43-28-26-42(27-29-43)59-67-58-60(71-59)70(51-37-46(64(10,11)12)36-47(38-51)65(13,14)15)56-41-52(68(48-22-18-16-19-23-48)49-24-20-17-21-25-49)40-55-57(56)66(58)53-39-45(63(7,8)9)32-35-54(53)69(55)50-33-30-44(31-34-50)62(4,5)6/h16-41H,1-15H3. The summed E-state index contributed by atoms with van der Waals surface area (Å²) in [5.74, 6) is 1.36. The Bertz CT molecular complexity index is 3190. The van der Waals surface area contributed by atoms with E-state index < -0.39 is 0 Å². The quantitative estimate of drug-likeness (QED) is 0.155. The molecule has 10 rings (SSSR count). The van der Waals surface area contributed by atoms with Crippen LogP contribution in [0.1, 0.15) is 132 Å². The molecular formula is C65H71BN4O. The molecule has 6 heteroatoms. The minimum absolute atomic E-state index is 0.00187. The minimum Gasteiger partial charge on any atom is -0.420 e. The Labute approximate surface area is 424 Å². The number of para-hydroxylation sites is 2. The van der Waals surface area contributed by atoms with Crippen molar-refractivity contribution >= 4 is 74.6 Å². The first kappa shape index (κ1) is 47.9. The summed E-state index contributed by atoms with van der Waals surface area (Å²) in [4.78, 5) is 13.0. The molecule has 360 valence electrons. The SMILES string of the molecule is CC(C)(C)c1ccc(-c2nc3c(o2)N(c2cc(C(C)(C)C)cc(C(C)(C)C)c2)c2cc(N(c4ccccc4)c4ccccc4)cc4c2B3c2cc(C(C)(C)C)ccc2N4c2ccc(C(C)(C)C)cc2)cc1. The summed E-state index contributed by atoms with van der Waals surface area (Å²) >= 11 is 0. The number of oxazole rings is 1. The van der Waals surface area contributed by atoms with Crippen LogP contribution in [-0.4, -0.2) is 11.7 Å². The van der Waals surface area contributed by atoms with Gasteiger partial charge in [-0.2, -0.15) is 0 Å². The number of benzene rings is 7. The molecule has 2 aliphatic rings. The Kier molecular flexibility index (Phi) is 11.4. The maximum atomic E-state index is 7.41. The molecule has 0 amide bonds. The van der Waals surface area contributed by atoms with Gasteiger partial charge in [0.25, 0.3) is 6.71 Å². The van der Waals surface area contributed by atoms with Gasteiger partial charge < -0.3 is 14.2 Å². The molecular weight excluding hydrogens is 864 g/mol. The van der Waals surface area contributed by atoms with Crippen molar-refractivity contribution in [1.82, 2.24) is 4.98 Å². The van der Waals surface area contributed by atoms with Gasteiger partial charge in [-0.3, -0.25) is 4.90 Å². The van der Waals surface area contributed by atoms with Crippen LogP contribution in [0.3, 0.4) is 0 Å². The third kappa shape index (κ3) is 8.78. The maximum Gasteiger partial charge on any atom is 0.279 e. The van der Waals surface area contributed by atoms with E-state index in [9.17, 15) is 0 Å². The number of aromatic nitrogens is 1. The van der Waals surface area contributed by atoms with Gasteiger partial charge in [0.15, 0.2) is 0 Å². The molecule has 8 aromatic rings. The highest BCUT2D eigenvalue weighted by molar-refractivity contribution is 6.99. The lowest BCUT2D eigenvalue weighted by Crippen LogP contribution is -2.62. The van der Waals surface area contributed by atoms with E-state index in [1.807, 2.05) is 0 Å². The van der Waals surface area contributed by atoms with Gasteiger partial charge in [0, 0.05) is 45.4 Å². The van der Waals surface area contributed by atoms with E-state index in [1.54, 1.807) is 0 Å². The zero-order chi connectivity index (χ0) is 50.6. The fourth-order valence-corrected chi connectivity index (χ4v) is 10.3. The molecule has 0 N–H and O–H groups in total. The fraction of sp³-hybridized carbons (Fsp3) is 0.308. The molecule has 2 aliphatic heterocycles. The summed E-state index contributed by atoms with van der Waals surface area (Å²) in [5, 5.41) is 0. The molecule has 0 aliphatic carbocycles. The van der Waals surface area contributed by atoms with Crippen molar-refractivity contribution in [2.45, 2.75) is 131 Å². The van der Waals surface area contributed by atoms with Gasteiger partial charge in [-0.25, -0.2) is 4.98 Å². The molecule has 0 atom stereocenters. The van der Waals surface area contributed by atoms with Crippen LogP contribution in [0.25, 0.3) is 11.5 Å². The number of hydrogen-bond acceptors (Lipinski definition) is 5. The van der Waals surface area contributed by atoms with Gasteiger partial charge in [0.2, 0.25) is 11.8 Å². The first-order valence-electron chi connectivity index (χ1n) is 25.6. The van der Waals surface area contributed by atoms with Gasteiger partial charge in [-0.1, -0.05) is 183 Å². The van der Waals surface area contributed by atoms with Gasteiger partial charge in [-0.05, 0) is 145 Å². The molecule has 7 aromatic carbocycles. The highest BCUT2D eigenvalue weighted by atomic mass is 16.4. The lowest BCUT2D eigenvalue weighted by Gasteiger charge is -2.43. The van der Waals surface area contributed by atoms with E-state index in [2.05, 4.69) is 276 Å². The topological polar surface area (TPSA) is 35.8 Å². The first-order chi connectivity index (χ1) is 33.4. The molecule has 71 heavy (non-hydrogen) atoms. The first-order valence-corrected chi connectivity index (χ1v) is 25.6. The molecule has 0 bridgehead atoms. The molecule has 3 heterocycles. The summed E-state index contributed by atoms with van der Waals surface area (Å²) in [5.41, 5.74) is 18.9. The molecule has 0 saturated heterocycles. The van der Waals surface area contributed by atoms with E-state index in [0.717, 1.165) is 62.5 Å². The van der Waals surface area contributed by atoms with Crippen molar-refractivity contribution in [1.29, 1.82) is 0 Å². The second-order valence-corrected chi connectivity index (χ2v) is 25.1. The lowest BCUT2D eigenvalue weighted by atomic mass is 9.35. The van der Waals surface area contributed by atoms with Crippen LogP contribution < -0.4 is 31.2 Å². The summed E-state index contributed by atoms with van der Waals surface area (Å²) in [6.45, 7) is 34.2. The Morgan fingerprint density at radius 3 is 1.37 bits per heavy atom. The van der Waals surface area contributed by atoms with Gasteiger partial charge in [0.05, 0.1) is 11.3 Å². The van der Waals surface area contributed by atoms with Crippen molar-refractivity contribution in [2.75, 3.05) is 14.7 Å². The fourth-order valence-electron chi connectivity index (χ4n) is 10.3. The molecule has 0 saturated carbocycles. The van der Waals surface area contributed by atoms with Gasteiger partial charge in [0.1, 0.15) is 0 Å². The monoisotopic (exact) mass is 935 g/mol. The summed E-state index contributed by atoms with van der Waals surface area (Å²) in [6, 6.07) is 58.8. The highest BCUT2D eigenvalue weighted by Crippen LogP contribution is 2.50. The molecule has 0 fully saturated rings. The van der Waals surface area contributed by atoms with Crippen LogP contribution in [0, 0.1) is 0 Å². The Morgan fingerprint density at radius 1 is 0.408 bits per heavy atom. The Morgan fingerprint density at radius 2 is 0.873 bits per heavy atom. The molecule has 5 nitrogen and oxygen atoms in total. The highest BCUT2D eigenvalue weighted by Gasteiger charge is 2.48. The van der Waals surface area contributed by atoms with Crippen LogP contribution in [0.4, 0.5) is 51.4 Å². The number of hydrogen-bond donors (Lipinski definition) is 0. The predicted octanol–water partition coefficient (Wildman–Crippen LogP) is 16.4. The normalized spacial score (nSPS) is 13.8. The number of nitrogens with zero attached hydrogens (tertiary/aromatic N) is 4. The number of anilines is 9. The summed E-state index contributed by atoms with van der Waals surface area (Å²) < 4.78 is 7.41. The smallest absolute Gasteiger partial charge is 0.279 e. The van der Waals surface area contributed by atoms with E-state index in [1.165, 1.54) is 38.7 Å². The van der Waals surface area contributed by atoms with Crippen molar-refractivity contribution in [3.8, 4) is 11.5 Å². The van der Waals surface area contributed by atoms with Crippen molar-refractivity contribution < 1.29 is 4.42 Å². The molecule has 0 radical (unpaired) electrons. The predicted molar refractivity (Wildman–Crippen MR) is 304 cm³/mol. The molecule has 0 unspecified atom stereocenters.